The van der Waals surface area contributed by atoms with Crippen LogP contribution in [0.2, 0.25) is 0 Å². The summed E-state index contributed by atoms with van der Waals surface area (Å²) in [7, 11) is 0. The number of ether oxygens (including phenoxy) is 1. The zero-order chi connectivity index (χ0) is 24.0. The van der Waals surface area contributed by atoms with Crippen LogP contribution in [0.3, 0.4) is 0 Å². The van der Waals surface area contributed by atoms with Gasteiger partial charge in [-0.1, -0.05) is 42.1 Å². The van der Waals surface area contributed by atoms with E-state index < -0.39 is 31.1 Å². The Morgan fingerprint density at radius 3 is 2.33 bits per heavy atom. The van der Waals surface area contributed by atoms with Crippen molar-refractivity contribution in [1.29, 1.82) is 0 Å². The summed E-state index contributed by atoms with van der Waals surface area (Å²) in [5, 5.41) is 2.05. The number of carbonyl (C=O) groups excluding carboxylic acids is 2. The Morgan fingerprint density at radius 1 is 1.06 bits per heavy atom. The molecule has 0 spiro atoms. The predicted octanol–water partition coefficient (Wildman–Crippen LogP) is 4.76. The lowest BCUT2D eigenvalue weighted by Gasteiger charge is -2.14. The number of rotatable bonds is 8. The molecule has 1 N–H and O–H groups in total. The summed E-state index contributed by atoms with van der Waals surface area (Å²) in [6, 6.07) is 13.0. The summed E-state index contributed by atoms with van der Waals surface area (Å²) >= 11 is 0.742. The van der Waals surface area contributed by atoms with Gasteiger partial charge in [0.15, 0.2) is 5.16 Å². The van der Waals surface area contributed by atoms with Crippen LogP contribution in [0.25, 0.3) is 11.3 Å². The molecule has 0 saturated carbocycles. The number of nitrogens with one attached hydrogen (secondary N) is 1. The molecule has 0 saturated heterocycles. The smallest absolute Gasteiger partial charge is 0.406 e. The summed E-state index contributed by atoms with van der Waals surface area (Å²) in [6.07, 6.45) is -3.23. The third-order valence-corrected chi connectivity index (χ3v) is 5.14. The fourth-order valence-corrected chi connectivity index (χ4v) is 3.58. The van der Waals surface area contributed by atoms with Crippen LogP contribution in [0, 0.1) is 0 Å². The van der Waals surface area contributed by atoms with Crippen molar-refractivity contribution in [1.82, 2.24) is 14.9 Å². The third kappa shape index (κ3) is 7.04. The van der Waals surface area contributed by atoms with Crippen LogP contribution in [0.15, 0.2) is 66.0 Å². The van der Waals surface area contributed by atoms with Crippen molar-refractivity contribution in [2.45, 2.75) is 24.5 Å². The fourth-order valence-electron chi connectivity index (χ4n) is 2.80. The van der Waals surface area contributed by atoms with Gasteiger partial charge >= 0.3 is 12.8 Å². The van der Waals surface area contributed by atoms with E-state index >= 15 is 0 Å². The average molecular weight is 485 g/mol. The molecule has 0 fully saturated rings. The lowest BCUT2D eigenvalue weighted by Crippen LogP contribution is -2.32. The molecule has 0 unspecified atom stereocenters. The third-order valence-electron chi connectivity index (χ3n) is 4.15. The van der Waals surface area contributed by atoms with Crippen molar-refractivity contribution in [3.63, 3.8) is 0 Å². The molecule has 2 aromatic carbocycles. The van der Waals surface area contributed by atoms with Gasteiger partial charge in [-0.25, -0.2) is 4.98 Å². The maximum atomic E-state index is 13.1. The Balaban J connectivity index is 1.66. The van der Waals surface area contributed by atoms with Gasteiger partial charge in [-0.05, 0) is 29.8 Å². The minimum atomic E-state index is -4.52. The maximum absolute atomic E-state index is 13.1. The summed E-state index contributed by atoms with van der Waals surface area (Å²) in [6.45, 7) is -4.32. The number of halogens is 5. The number of thioether (sulfide) groups is 1. The average Bonchev–Trinajstić information content (AvgIpc) is 3.13. The Labute approximate surface area is 188 Å². The van der Waals surface area contributed by atoms with E-state index in [2.05, 4.69) is 15.0 Å². The minimum absolute atomic E-state index is 0.0138. The van der Waals surface area contributed by atoms with E-state index in [0.29, 0.717) is 5.56 Å². The highest BCUT2D eigenvalue weighted by Gasteiger charge is 2.31. The number of imide groups is 1. The molecule has 3 rings (SSSR count). The van der Waals surface area contributed by atoms with Gasteiger partial charge in [0.1, 0.15) is 12.3 Å². The second-order valence-corrected chi connectivity index (χ2v) is 7.50. The summed E-state index contributed by atoms with van der Waals surface area (Å²) in [5.41, 5.74) is 0.776. The first-order valence-corrected chi connectivity index (χ1v) is 10.3. The molecule has 0 aliphatic rings. The summed E-state index contributed by atoms with van der Waals surface area (Å²) < 4.78 is 68.8. The van der Waals surface area contributed by atoms with E-state index in [9.17, 15) is 31.5 Å². The maximum Gasteiger partial charge on any atom is 0.406 e. The van der Waals surface area contributed by atoms with Crippen molar-refractivity contribution in [2.75, 3.05) is 5.75 Å². The van der Waals surface area contributed by atoms with Gasteiger partial charge in [-0.3, -0.25) is 14.9 Å². The molecule has 2 amide bonds. The van der Waals surface area contributed by atoms with Gasteiger partial charge in [0.25, 0.3) is 5.91 Å². The molecule has 0 aliphatic carbocycles. The molecule has 33 heavy (non-hydrogen) atoms. The number of hydrogen-bond acceptors (Lipinski definition) is 5. The molecule has 1 heterocycles. The number of carbonyl (C=O) groups is 2. The molecule has 0 aliphatic heterocycles. The molecule has 0 atom stereocenters. The van der Waals surface area contributed by atoms with Gasteiger partial charge in [-0.2, -0.15) is 22.0 Å². The monoisotopic (exact) mass is 485 g/mol. The summed E-state index contributed by atoms with van der Waals surface area (Å²) in [5.74, 6) is -2.09. The molecule has 3 aromatic rings. The number of aromatic nitrogens is 2. The predicted molar refractivity (Wildman–Crippen MR) is 110 cm³/mol. The van der Waals surface area contributed by atoms with Crippen LogP contribution in [-0.4, -0.2) is 39.9 Å². The Bertz CT molecular complexity index is 1100. The minimum Gasteiger partial charge on any atom is -0.435 e. The topological polar surface area (TPSA) is 73.2 Å². The molecular weight excluding hydrogens is 469 g/mol. The zero-order valence-corrected chi connectivity index (χ0v) is 17.5. The first kappa shape index (κ1) is 24.2. The highest BCUT2D eigenvalue weighted by atomic mass is 32.2. The Kier molecular flexibility index (Phi) is 7.69. The van der Waals surface area contributed by atoms with Gasteiger partial charge in [0, 0.05) is 5.56 Å². The molecule has 174 valence electrons. The number of nitrogens with zero attached hydrogens (tertiary/aromatic N) is 2. The van der Waals surface area contributed by atoms with Crippen molar-refractivity contribution in [2.24, 2.45) is 0 Å². The lowest BCUT2D eigenvalue weighted by atomic mass is 10.2. The molecular formula is C21H16F5N3O3S. The van der Waals surface area contributed by atoms with Crippen LogP contribution < -0.4 is 10.1 Å². The molecule has 12 heteroatoms. The number of imidazole rings is 1. The van der Waals surface area contributed by atoms with E-state index in [1.165, 1.54) is 18.3 Å². The van der Waals surface area contributed by atoms with E-state index in [-0.39, 0.29) is 27.9 Å². The second-order valence-electron chi connectivity index (χ2n) is 6.56. The Hall–Kier alpha value is -3.41. The first-order valence-electron chi connectivity index (χ1n) is 9.32. The van der Waals surface area contributed by atoms with E-state index in [1.807, 2.05) is 0 Å². The first-order chi connectivity index (χ1) is 15.6. The highest BCUT2D eigenvalue weighted by molar-refractivity contribution is 7.99. The molecule has 6 nitrogen and oxygen atoms in total. The highest BCUT2D eigenvalue weighted by Crippen LogP contribution is 2.30. The van der Waals surface area contributed by atoms with E-state index in [0.717, 1.165) is 28.5 Å². The van der Waals surface area contributed by atoms with Crippen LogP contribution in [0.5, 0.6) is 5.75 Å². The fraction of sp³-hybridized carbons (Fsp3) is 0.190. The van der Waals surface area contributed by atoms with Gasteiger partial charge in [0.2, 0.25) is 5.91 Å². The van der Waals surface area contributed by atoms with E-state index in [4.69, 9.17) is 0 Å². The van der Waals surface area contributed by atoms with Crippen LogP contribution >= 0.6 is 11.8 Å². The SMILES string of the molecule is O=C(CSc1ncc(-c2ccccc2)n1CC(F)(F)F)NC(=O)c1ccc(OC(F)F)cc1. The molecule has 0 radical (unpaired) electrons. The van der Waals surface area contributed by atoms with Gasteiger partial charge in [0.05, 0.1) is 17.6 Å². The number of hydrogen-bond donors (Lipinski definition) is 1. The van der Waals surface area contributed by atoms with E-state index in [1.54, 1.807) is 30.3 Å². The molecule has 0 bridgehead atoms. The van der Waals surface area contributed by atoms with Crippen molar-refractivity contribution >= 4 is 23.6 Å². The van der Waals surface area contributed by atoms with Crippen molar-refractivity contribution in [3.8, 4) is 17.0 Å². The van der Waals surface area contributed by atoms with Crippen LogP contribution in [-0.2, 0) is 11.3 Å². The molecule has 1 aromatic heterocycles. The standard InChI is InChI=1S/C21H16F5N3O3S/c22-19(23)32-15-8-6-14(7-9-15)18(31)28-17(30)11-33-20-27-10-16(13-4-2-1-3-5-13)29(20)12-21(24,25)26/h1-10,19H,11-12H2,(H,28,30,31). The number of alkyl halides is 5. The largest absolute Gasteiger partial charge is 0.435 e. The Morgan fingerprint density at radius 2 is 1.73 bits per heavy atom. The zero-order valence-electron chi connectivity index (χ0n) is 16.7. The van der Waals surface area contributed by atoms with Crippen LogP contribution in [0.1, 0.15) is 10.4 Å². The van der Waals surface area contributed by atoms with Gasteiger partial charge < -0.3 is 9.30 Å². The van der Waals surface area contributed by atoms with Crippen molar-refractivity contribution in [3.05, 3.63) is 66.4 Å². The number of benzene rings is 2. The second kappa shape index (κ2) is 10.5. The summed E-state index contributed by atoms with van der Waals surface area (Å²) in [4.78, 5) is 28.3. The lowest BCUT2D eigenvalue weighted by molar-refractivity contribution is -0.141. The normalized spacial score (nSPS) is 11.5. The quantitative estimate of drug-likeness (QED) is 0.368. The van der Waals surface area contributed by atoms with Crippen LogP contribution in [0.4, 0.5) is 22.0 Å². The van der Waals surface area contributed by atoms with Gasteiger partial charge in [-0.15, -0.1) is 0 Å². The van der Waals surface area contributed by atoms with Crippen molar-refractivity contribution < 1.29 is 36.3 Å². The number of amides is 2.